The predicted octanol–water partition coefficient (Wildman–Crippen LogP) is 2.45. The van der Waals surface area contributed by atoms with E-state index < -0.39 is 0 Å². The molecular weight excluding hydrogens is 404 g/mol. The number of ketones is 1. The van der Waals surface area contributed by atoms with E-state index in [0.717, 1.165) is 24.3 Å². The van der Waals surface area contributed by atoms with Gasteiger partial charge in [0.15, 0.2) is 5.78 Å². The summed E-state index contributed by atoms with van der Waals surface area (Å²) < 4.78 is 1.43. The number of anilines is 2. The number of aliphatic imine (C=N–C) groups is 1. The first-order valence-corrected chi connectivity index (χ1v) is 10.8. The van der Waals surface area contributed by atoms with Crippen molar-refractivity contribution in [2.24, 2.45) is 18.0 Å². The molecule has 2 N–H and O–H groups in total. The third-order valence-corrected chi connectivity index (χ3v) is 6.06. The molecule has 0 bridgehead atoms. The Balaban J connectivity index is 1.51. The van der Waals surface area contributed by atoms with E-state index in [4.69, 9.17) is 4.98 Å². The molecule has 0 radical (unpaired) electrons. The summed E-state index contributed by atoms with van der Waals surface area (Å²) in [5.74, 6) is 0.593. The quantitative estimate of drug-likeness (QED) is 0.592. The summed E-state index contributed by atoms with van der Waals surface area (Å²) in [6, 6.07) is 9.09. The summed E-state index contributed by atoms with van der Waals surface area (Å²) in [5, 5.41) is 6.05. The molecule has 8 nitrogen and oxygen atoms in total. The van der Waals surface area contributed by atoms with Crippen molar-refractivity contribution in [1.29, 1.82) is 0 Å². The number of rotatable bonds is 9. The van der Waals surface area contributed by atoms with Crippen LogP contribution in [-0.4, -0.2) is 41.7 Å². The molecule has 1 fully saturated rings. The monoisotopic (exact) mass is 432 g/mol. The molecule has 0 saturated heterocycles. The molecule has 2 atom stereocenters. The van der Waals surface area contributed by atoms with Crippen LogP contribution >= 0.6 is 0 Å². The van der Waals surface area contributed by atoms with Crippen molar-refractivity contribution in [2.75, 3.05) is 30.4 Å². The molecule has 1 aliphatic heterocycles. The molecule has 2 heterocycles. The molecule has 4 rings (SSSR count). The van der Waals surface area contributed by atoms with E-state index in [2.05, 4.69) is 15.6 Å². The Kier molecular flexibility index (Phi) is 5.94. The Morgan fingerprint density at radius 3 is 2.97 bits per heavy atom. The molecule has 1 aromatic carbocycles. The molecule has 2 unspecified atom stereocenters. The van der Waals surface area contributed by atoms with Gasteiger partial charge in [-0.05, 0) is 25.5 Å². The standard InChI is InChI=1S/C24H28N6O2/c1-4-30(11-10-25-2)19-7-5-6-17(12-19)20(31)16-27-23-28-21(13-22(32)29(23)3)24-8-9-26-15-18(24)14-24/h5-13,15,18,25H,4,14,16H2,1-3H3,(H,27,28)/b11-10-. The second-order valence-electron chi connectivity index (χ2n) is 8.04. The van der Waals surface area contributed by atoms with Crippen molar-refractivity contribution in [3.05, 3.63) is 76.6 Å². The topological polar surface area (TPSA) is 91.6 Å². The van der Waals surface area contributed by atoms with Gasteiger partial charge in [-0.15, -0.1) is 0 Å². The fourth-order valence-electron chi connectivity index (χ4n) is 3.99. The Hall–Kier alpha value is -3.68. The fraction of sp³-hybridized carbons (Fsp3) is 0.333. The van der Waals surface area contributed by atoms with Gasteiger partial charge in [0.2, 0.25) is 5.95 Å². The van der Waals surface area contributed by atoms with Crippen LogP contribution in [0.2, 0.25) is 0 Å². The van der Waals surface area contributed by atoms with Crippen molar-refractivity contribution in [2.45, 2.75) is 18.8 Å². The van der Waals surface area contributed by atoms with Crippen molar-refractivity contribution < 1.29 is 4.79 Å². The minimum Gasteiger partial charge on any atom is -0.393 e. The number of fused-ring (bicyclic) bond motifs is 1. The largest absolute Gasteiger partial charge is 0.393 e. The summed E-state index contributed by atoms with van der Waals surface area (Å²) in [6.07, 6.45) is 10.4. The van der Waals surface area contributed by atoms with Crippen molar-refractivity contribution in [3.63, 3.8) is 0 Å². The third kappa shape index (κ3) is 4.08. The van der Waals surface area contributed by atoms with Crippen LogP contribution in [0.3, 0.4) is 0 Å². The first-order chi connectivity index (χ1) is 15.5. The highest BCUT2D eigenvalue weighted by Gasteiger charge is 2.55. The van der Waals surface area contributed by atoms with Crippen LogP contribution in [0, 0.1) is 5.92 Å². The van der Waals surface area contributed by atoms with E-state index in [-0.39, 0.29) is 29.2 Å². The first-order valence-electron chi connectivity index (χ1n) is 10.8. The van der Waals surface area contributed by atoms with Crippen LogP contribution in [0.5, 0.6) is 0 Å². The van der Waals surface area contributed by atoms with E-state index in [9.17, 15) is 9.59 Å². The number of benzene rings is 1. The molecule has 2 aliphatic rings. The minimum atomic E-state index is -0.242. The molecule has 32 heavy (non-hydrogen) atoms. The van der Waals surface area contributed by atoms with Crippen molar-refractivity contribution in [1.82, 2.24) is 14.9 Å². The van der Waals surface area contributed by atoms with Crippen LogP contribution in [0.25, 0.3) is 0 Å². The van der Waals surface area contributed by atoms with E-state index in [1.165, 1.54) is 4.57 Å². The van der Waals surface area contributed by atoms with Crippen LogP contribution < -0.4 is 21.1 Å². The lowest BCUT2D eigenvalue weighted by Gasteiger charge is -2.19. The average molecular weight is 433 g/mol. The van der Waals surface area contributed by atoms with Gasteiger partial charge in [0.1, 0.15) is 0 Å². The maximum atomic E-state index is 12.9. The zero-order valence-corrected chi connectivity index (χ0v) is 18.6. The SMILES string of the molecule is CCN(/C=C\NC)c1cccc(C(=O)CNc2nc(C34C=CN=CC3C4)cc(=O)n2C)c1. The number of allylic oxidation sites excluding steroid dienone is 1. The number of Topliss-reactive ketones (excluding diaryl/α,β-unsaturated/α-hetero) is 1. The summed E-state index contributed by atoms with van der Waals surface area (Å²) in [5.41, 5.74) is 1.85. The van der Waals surface area contributed by atoms with Crippen molar-refractivity contribution in [3.8, 4) is 0 Å². The number of hydrogen-bond acceptors (Lipinski definition) is 7. The smallest absolute Gasteiger partial charge is 0.254 e. The van der Waals surface area contributed by atoms with Crippen molar-refractivity contribution >= 4 is 23.6 Å². The maximum Gasteiger partial charge on any atom is 0.254 e. The molecule has 1 saturated carbocycles. The normalized spacial score (nSPS) is 20.8. The molecular formula is C24H28N6O2. The number of nitrogens with zero attached hydrogens (tertiary/aromatic N) is 4. The highest BCUT2D eigenvalue weighted by molar-refractivity contribution is 5.99. The Bertz CT molecular complexity index is 1170. The van der Waals surface area contributed by atoms with E-state index in [1.54, 1.807) is 25.4 Å². The fourth-order valence-corrected chi connectivity index (χ4v) is 3.99. The second kappa shape index (κ2) is 8.82. The maximum absolute atomic E-state index is 12.9. The zero-order chi connectivity index (χ0) is 22.7. The van der Waals surface area contributed by atoms with Crippen LogP contribution in [0.15, 0.2) is 64.8 Å². The van der Waals surface area contributed by atoms with Gasteiger partial charge in [-0.2, -0.15) is 0 Å². The summed E-state index contributed by atoms with van der Waals surface area (Å²) in [4.78, 5) is 36.3. The van der Waals surface area contributed by atoms with E-state index in [1.807, 2.05) is 61.8 Å². The second-order valence-corrected chi connectivity index (χ2v) is 8.04. The summed E-state index contributed by atoms with van der Waals surface area (Å²) in [6.45, 7) is 2.86. The van der Waals surface area contributed by atoms with Gasteiger partial charge in [-0.1, -0.05) is 18.2 Å². The number of hydrogen-bond donors (Lipinski definition) is 2. The molecule has 8 heteroatoms. The lowest BCUT2D eigenvalue weighted by molar-refractivity contribution is 0.101. The average Bonchev–Trinajstić information content (AvgIpc) is 3.56. The zero-order valence-electron chi connectivity index (χ0n) is 18.6. The van der Waals surface area contributed by atoms with Gasteiger partial charge in [-0.3, -0.25) is 19.1 Å². The van der Waals surface area contributed by atoms with Gasteiger partial charge in [0.25, 0.3) is 5.56 Å². The summed E-state index contributed by atoms with van der Waals surface area (Å²) in [7, 11) is 3.49. The number of carbonyl (C=O) groups is 1. The lowest BCUT2D eigenvalue weighted by Crippen LogP contribution is -2.27. The van der Waals surface area contributed by atoms with Gasteiger partial charge in [0.05, 0.1) is 12.2 Å². The molecule has 1 aromatic heterocycles. The molecule has 166 valence electrons. The van der Waals surface area contributed by atoms with Crippen LogP contribution in [-0.2, 0) is 12.5 Å². The molecule has 2 aromatic rings. The van der Waals surface area contributed by atoms with Gasteiger partial charge in [0, 0.05) is 74.1 Å². The number of nitrogens with one attached hydrogen (secondary N) is 2. The Morgan fingerprint density at radius 2 is 2.22 bits per heavy atom. The van der Waals surface area contributed by atoms with Gasteiger partial charge >= 0.3 is 0 Å². The lowest BCUT2D eigenvalue weighted by atomic mass is 9.98. The van der Waals surface area contributed by atoms with E-state index >= 15 is 0 Å². The van der Waals surface area contributed by atoms with Crippen LogP contribution in [0.1, 0.15) is 29.4 Å². The summed E-state index contributed by atoms with van der Waals surface area (Å²) >= 11 is 0. The van der Waals surface area contributed by atoms with Gasteiger partial charge in [-0.25, -0.2) is 4.98 Å². The third-order valence-electron chi connectivity index (χ3n) is 6.06. The minimum absolute atomic E-state index is 0.0411. The molecule has 0 amide bonds. The molecule has 1 aliphatic carbocycles. The Morgan fingerprint density at radius 1 is 1.38 bits per heavy atom. The van der Waals surface area contributed by atoms with Gasteiger partial charge < -0.3 is 15.5 Å². The Labute approximate surface area is 187 Å². The van der Waals surface area contributed by atoms with E-state index in [0.29, 0.717) is 11.5 Å². The predicted molar refractivity (Wildman–Crippen MR) is 127 cm³/mol. The highest BCUT2D eigenvalue weighted by atomic mass is 16.1. The highest BCUT2D eigenvalue weighted by Crippen LogP contribution is 2.55. The number of carbonyl (C=O) groups excluding carboxylic acids is 1. The first kappa shape index (κ1) is 21.5. The molecule has 0 spiro atoms. The number of aromatic nitrogens is 2. The van der Waals surface area contributed by atoms with Crippen LogP contribution in [0.4, 0.5) is 11.6 Å².